The molecule has 0 unspecified atom stereocenters. The van der Waals surface area contributed by atoms with Crippen molar-refractivity contribution < 1.29 is 15.2 Å². The summed E-state index contributed by atoms with van der Waals surface area (Å²) in [6.45, 7) is 6.08. The summed E-state index contributed by atoms with van der Waals surface area (Å²) in [5.41, 5.74) is 3.24. The summed E-state index contributed by atoms with van der Waals surface area (Å²) >= 11 is 0. The third-order valence-electron chi connectivity index (χ3n) is 3.71. The number of hydrogen-bond donors (Lipinski definition) is 2. The predicted molar refractivity (Wildman–Crippen MR) is 77.3 cm³/mol. The number of aromatic carboxylic acids is 1. The first kappa shape index (κ1) is 12.9. The van der Waals surface area contributed by atoms with Gasteiger partial charge in [-0.15, -0.1) is 0 Å². The lowest BCUT2D eigenvalue weighted by molar-refractivity contribution is -0.655. The van der Waals surface area contributed by atoms with Crippen molar-refractivity contribution >= 4 is 22.6 Å². The van der Waals surface area contributed by atoms with E-state index in [9.17, 15) is 4.79 Å². The fourth-order valence-corrected chi connectivity index (χ4v) is 2.72. The molecule has 20 heavy (non-hydrogen) atoms. The summed E-state index contributed by atoms with van der Waals surface area (Å²) in [6, 6.07) is 7.20. The lowest BCUT2D eigenvalue weighted by atomic mass is 10.1. The van der Waals surface area contributed by atoms with Gasteiger partial charge in [0.1, 0.15) is 0 Å². The third kappa shape index (κ3) is 2.32. The molecule has 104 valence electrons. The summed E-state index contributed by atoms with van der Waals surface area (Å²) in [5, 5.41) is 12.4. The van der Waals surface area contributed by atoms with E-state index in [0.717, 1.165) is 48.5 Å². The van der Waals surface area contributed by atoms with E-state index < -0.39 is 5.97 Å². The highest BCUT2D eigenvalue weighted by Crippen LogP contribution is 2.27. The molecule has 0 radical (unpaired) electrons. The van der Waals surface area contributed by atoms with Gasteiger partial charge in [-0.05, 0) is 31.2 Å². The van der Waals surface area contributed by atoms with Gasteiger partial charge in [-0.25, -0.2) is 4.79 Å². The van der Waals surface area contributed by atoms with Crippen LogP contribution in [-0.4, -0.2) is 42.2 Å². The van der Waals surface area contributed by atoms with E-state index in [2.05, 4.69) is 21.3 Å². The maximum absolute atomic E-state index is 11.2. The van der Waals surface area contributed by atoms with Crippen LogP contribution in [0.25, 0.3) is 10.9 Å². The molecule has 2 heterocycles. The molecule has 1 aliphatic rings. The van der Waals surface area contributed by atoms with E-state index in [0.29, 0.717) is 5.56 Å². The quantitative estimate of drug-likeness (QED) is 0.841. The van der Waals surface area contributed by atoms with Gasteiger partial charge in [0.15, 0.2) is 0 Å². The van der Waals surface area contributed by atoms with Gasteiger partial charge in [-0.2, -0.15) is 0 Å². The summed E-state index contributed by atoms with van der Waals surface area (Å²) in [5.74, 6) is -0.898. The van der Waals surface area contributed by atoms with Gasteiger partial charge in [0.25, 0.3) is 0 Å². The Kier molecular flexibility index (Phi) is 3.28. The molecule has 5 nitrogen and oxygen atoms in total. The zero-order valence-corrected chi connectivity index (χ0v) is 11.5. The minimum absolute atomic E-state index is 0.313. The maximum atomic E-state index is 11.2. The van der Waals surface area contributed by atoms with Crippen molar-refractivity contribution in [3.8, 4) is 0 Å². The van der Waals surface area contributed by atoms with Crippen molar-refractivity contribution in [2.45, 2.75) is 6.92 Å². The maximum Gasteiger partial charge on any atom is 0.335 e. The number of fused-ring (bicyclic) bond motifs is 1. The van der Waals surface area contributed by atoms with E-state index in [1.807, 2.05) is 6.92 Å². The van der Waals surface area contributed by atoms with Gasteiger partial charge in [-0.3, -0.25) is 4.98 Å². The molecule has 2 aromatic rings. The van der Waals surface area contributed by atoms with Crippen molar-refractivity contribution in [1.82, 2.24) is 4.98 Å². The number of rotatable bonds is 2. The normalized spacial score (nSPS) is 15.6. The molecular weight excluding hydrogens is 254 g/mol. The fraction of sp³-hybridized carbons (Fsp3) is 0.333. The predicted octanol–water partition coefficient (Wildman–Crippen LogP) is 0.625. The van der Waals surface area contributed by atoms with Crippen LogP contribution >= 0.6 is 0 Å². The van der Waals surface area contributed by atoms with Crippen LogP contribution in [0.15, 0.2) is 24.3 Å². The second kappa shape index (κ2) is 5.09. The number of benzene rings is 1. The van der Waals surface area contributed by atoms with Gasteiger partial charge in [0, 0.05) is 16.8 Å². The van der Waals surface area contributed by atoms with E-state index in [-0.39, 0.29) is 0 Å². The molecular formula is C15H18N3O2+. The van der Waals surface area contributed by atoms with Crippen LogP contribution in [0.1, 0.15) is 16.1 Å². The fourth-order valence-electron chi connectivity index (χ4n) is 2.72. The Balaban J connectivity index is 2.16. The Morgan fingerprint density at radius 2 is 2.05 bits per heavy atom. The lowest BCUT2D eigenvalue weighted by Gasteiger charge is -2.28. The average Bonchev–Trinajstić information content (AvgIpc) is 2.46. The Labute approximate surface area is 117 Å². The first-order chi connectivity index (χ1) is 9.65. The molecule has 0 saturated carbocycles. The van der Waals surface area contributed by atoms with Gasteiger partial charge in [-0.1, -0.05) is 0 Å². The number of carbonyl (C=O) groups is 1. The smallest absolute Gasteiger partial charge is 0.335 e. The summed E-state index contributed by atoms with van der Waals surface area (Å²) in [7, 11) is 0. The van der Waals surface area contributed by atoms with Crippen molar-refractivity contribution in [1.29, 1.82) is 0 Å². The van der Waals surface area contributed by atoms with Crippen molar-refractivity contribution in [2.24, 2.45) is 0 Å². The first-order valence-corrected chi connectivity index (χ1v) is 6.86. The number of nitrogens with zero attached hydrogens (tertiary/aromatic N) is 2. The minimum Gasteiger partial charge on any atom is -0.478 e. The van der Waals surface area contributed by atoms with E-state index >= 15 is 0 Å². The number of carboxylic acids is 1. The second-order valence-electron chi connectivity index (χ2n) is 5.17. The van der Waals surface area contributed by atoms with Crippen LogP contribution in [0.4, 0.5) is 5.69 Å². The van der Waals surface area contributed by atoms with Crippen molar-refractivity contribution in [3.05, 3.63) is 35.5 Å². The molecule has 0 atom stereocenters. The van der Waals surface area contributed by atoms with Crippen LogP contribution in [0.2, 0.25) is 0 Å². The summed E-state index contributed by atoms with van der Waals surface area (Å²) in [4.78, 5) is 18.0. The largest absolute Gasteiger partial charge is 0.478 e. The number of carboxylic acid groups (broad SMARTS) is 1. The Hall–Kier alpha value is -2.14. The highest BCUT2D eigenvalue weighted by atomic mass is 16.4. The topological polar surface area (TPSA) is 70.0 Å². The van der Waals surface area contributed by atoms with Gasteiger partial charge < -0.3 is 15.3 Å². The number of aryl methyl sites for hydroxylation is 1. The molecule has 0 amide bonds. The SMILES string of the molecule is Cc1cc(N2CC[NH2+]CC2)c2cc(C(=O)O)ccc2n1. The zero-order valence-electron chi connectivity index (χ0n) is 11.5. The molecule has 1 saturated heterocycles. The molecule has 1 aromatic heterocycles. The highest BCUT2D eigenvalue weighted by molar-refractivity contribution is 5.98. The number of quaternary nitrogens is 1. The van der Waals surface area contributed by atoms with Gasteiger partial charge in [0.05, 0.1) is 37.3 Å². The molecule has 0 aliphatic carbocycles. The average molecular weight is 272 g/mol. The monoisotopic (exact) mass is 272 g/mol. The number of anilines is 1. The Morgan fingerprint density at radius 1 is 1.30 bits per heavy atom. The van der Waals surface area contributed by atoms with E-state index in [1.165, 1.54) is 0 Å². The van der Waals surface area contributed by atoms with Crippen LogP contribution in [0.3, 0.4) is 0 Å². The zero-order chi connectivity index (χ0) is 14.1. The molecule has 1 aliphatic heterocycles. The standard InChI is InChI=1S/C15H17N3O2/c1-10-8-14(18-6-4-16-5-7-18)12-9-11(15(19)20)2-3-13(12)17-10/h2-3,8-9,16H,4-7H2,1H3,(H,19,20)/p+1. The first-order valence-electron chi connectivity index (χ1n) is 6.86. The highest BCUT2D eigenvalue weighted by Gasteiger charge is 2.17. The molecule has 0 spiro atoms. The van der Waals surface area contributed by atoms with Crippen molar-refractivity contribution in [2.75, 3.05) is 31.1 Å². The van der Waals surface area contributed by atoms with Crippen LogP contribution in [-0.2, 0) is 0 Å². The number of nitrogens with two attached hydrogens (primary N) is 1. The molecule has 3 N–H and O–H groups in total. The molecule has 3 rings (SSSR count). The molecule has 1 aromatic carbocycles. The van der Waals surface area contributed by atoms with E-state index in [1.54, 1.807) is 18.2 Å². The number of pyridine rings is 1. The Bertz CT molecular complexity index is 663. The van der Waals surface area contributed by atoms with Gasteiger partial charge in [0.2, 0.25) is 0 Å². The minimum atomic E-state index is -0.898. The summed E-state index contributed by atoms with van der Waals surface area (Å²) < 4.78 is 0. The van der Waals surface area contributed by atoms with Crippen LogP contribution < -0.4 is 10.2 Å². The molecule has 5 heteroatoms. The number of aromatic nitrogens is 1. The Morgan fingerprint density at radius 3 is 2.75 bits per heavy atom. The summed E-state index contributed by atoms with van der Waals surface area (Å²) in [6.07, 6.45) is 0. The number of hydrogen-bond acceptors (Lipinski definition) is 3. The molecule has 1 fully saturated rings. The molecule has 0 bridgehead atoms. The van der Waals surface area contributed by atoms with Crippen molar-refractivity contribution in [3.63, 3.8) is 0 Å². The van der Waals surface area contributed by atoms with Crippen LogP contribution in [0, 0.1) is 6.92 Å². The number of piperazine rings is 1. The van der Waals surface area contributed by atoms with E-state index in [4.69, 9.17) is 5.11 Å². The second-order valence-corrected chi connectivity index (χ2v) is 5.17. The van der Waals surface area contributed by atoms with Crippen LogP contribution in [0.5, 0.6) is 0 Å². The lowest BCUT2D eigenvalue weighted by Crippen LogP contribution is -2.89. The van der Waals surface area contributed by atoms with Gasteiger partial charge >= 0.3 is 5.97 Å². The third-order valence-corrected chi connectivity index (χ3v) is 3.71.